The van der Waals surface area contributed by atoms with Gasteiger partial charge in [0.1, 0.15) is 19.8 Å². The third-order valence-corrected chi connectivity index (χ3v) is 14.2. The first-order chi connectivity index (χ1) is 33.0. The lowest BCUT2D eigenvalue weighted by Gasteiger charge is -2.28. The molecule has 0 aromatic heterocycles. The minimum absolute atomic E-state index is 0.0280. The van der Waals surface area contributed by atoms with Crippen LogP contribution in [-0.2, 0) is 32.7 Å². The number of hydrogen-bond donors (Lipinski definition) is 0. The molecular formula is C58H114NO8P. The first kappa shape index (κ1) is 66.8. The molecule has 0 aliphatic rings. The van der Waals surface area contributed by atoms with Crippen molar-refractivity contribution in [2.24, 2.45) is 0 Å². The lowest BCUT2D eigenvalue weighted by Crippen LogP contribution is -2.37. The molecule has 68 heavy (non-hydrogen) atoms. The summed E-state index contributed by atoms with van der Waals surface area (Å²) in [7, 11) is 1.18. The van der Waals surface area contributed by atoms with Crippen molar-refractivity contribution >= 4 is 19.8 Å². The monoisotopic (exact) mass is 984 g/mol. The normalized spacial score (nSPS) is 13.3. The van der Waals surface area contributed by atoms with E-state index in [1.165, 1.54) is 218 Å². The second kappa shape index (κ2) is 50.7. The van der Waals surface area contributed by atoms with Crippen LogP contribution in [0.5, 0.6) is 0 Å². The largest absolute Gasteiger partial charge is 0.756 e. The summed E-state index contributed by atoms with van der Waals surface area (Å²) in [5, 5.41) is 0. The number of hydrogen-bond acceptors (Lipinski definition) is 8. The molecule has 2 atom stereocenters. The van der Waals surface area contributed by atoms with Crippen LogP contribution in [0, 0.1) is 0 Å². The van der Waals surface area contributed by atoms with Crippen LogP contribution in [-0.4, -0.2) is 70.0 Å². The maximum Gasteiger partial charge on any atom is 0.306 e. The van der Waals surface area contributed by atoms with Gasteiger partial charge in [-0.15, -0.1) is 0 Å². The van der Waals surface area contributed by atoms with Gasteiger partial charge in [-0.1, -0.05) is 257 Å². The molecule has 0 aromatic carbocycles. The number of allylic oxidation sites excluding steroid dienone is 2. The number of carbonyl (C=O) groups excluding carboxylic acids is 2. The van der Waals surface area contributed by atoms with Gasteiger partial charge in [0.25, 0.3) is 7.82 Å². The zero-order valence-electron chi connectivity index (χ0n) is 45.8. The van der Waals surface area contributed by atoms with Crippen molar-refractivity contribution in [3.63, 3.8) is 0 Å². The van der Waals surface area contributed by atoms with Gasteiger partial charge in [0.2, 0.25) is 0 Å². The Kier molecular flexibility index (Phi) is 49.8. The smallest absolute Gasteiger partial charge is 0.306 e. The fourth-order valence-corrected chi connectivity index (χ4v) is 9.44. The van der Waals surface area contributed by atoms with Gasteiger partial charge < -0.3 is 27.9 Å². The summed E-state index contributed by atoms with van der Waals surface area (Å²) in [6.07, 6.45) is 58.4. The number of nitrogens with zero attached hydrogens (tertiary/aromatic N) is 1. The minimum atomic E-state index is -4.63. The van der Waals surface area contributed by atoms with E-state index in [-0.39, 0.29) is 32.0 Å². The van der Waals surface area contributed by atoms with Crippen molar-refractivity contribution in [1.82, 2.24) is 0 Å². The standard InChI is InChI=1S/C58H114NO8P/c1-6-8-10-12-14-16-18-20-22-24-25-26-27-28-29-30-31-32-33-35-36-38-40-42-44-46-48-50-57(60)64-54-56(55-66-68(62,63)65-53-52-59(3,4)5)67-58(61)51-49-47-45-43-41-39-37-34-23-21-19-17-15-13-11-9-7-2/h21,23,56H,6-20,22,24-55H2,1-5H3/b23-21-. The fraction of sp³-hybridized carbons (Fsp3) is 0.931. The van der Waals surface area contributed by atoms with E-state index >= 15 is 0 Å². The van der Waals surface area contributed by atoms with Crippen LogP contribution in [0.4, 0.5) is 0 Å². The molecule has 0 aliphatic carbocycles. The summed E-state index contributed by atoms with van der Waals surface area (Å²) >= 11 is 0. The highest BCUT2D eigenvalue weighted by Crippen LogP contribution is 2.38. The molecule has 0 saturated carbocycles. The molecule has 0 fully saturated rings. The van der Waals surface area contributed by atoms with E-state index < -0.39 is 26.5 Å². The van der Waals surface area contributed by atoms with Crippen molar-refractivity contribution in [3.8, 4) is 0 Å². The van der Waals surface area contributed by atoms with Crippen molar-refractivity contribution in [1.29, 1.82) is 0 Å². The van der Waals surface area contributed by atoms with Crippen LogP contribution in [0.3, 0.4) is 0 Å². The Morgan fingerprint density at radius 1 is 0.441 bits per heavy atom. The summed E-state index contributed by atoms with van der Waals surface area (Å²) < 4.78 is 34.1. The van der Waals surface area contributed by atoms with Crippen LogP contribution >= 0.6 is 7.82 Å². The van der Waals surface area contributed by atoms with Gasteiger partial charge in [-0.05, 0) is 38.5 Å². The van der Waals surface area contributed by atoms with Crippen LogP contribution in [0.25, 0.3) is 0 Å². The lowest BCUT2D eigenvalue weighted by atomic mass is 10.0. The lowest BCUT2D eigenvalue weighted by molar-refractivity contribution is -0.870. The number of likely N-dealkylation sites (N-methyl/N-ethyl adjacent to an activating group) is 1. The first-order valence-electron chi connectivity index (χ1n) is 29.4. The Labute approximate surface area is 422 Å². The second-order valence-corrected chi connectivity index (χ2v) is 22.8. The van der Waals surface area contributed by atoms with Gasteiger partial charge in [-0.25, -0.2) is 0 Å². The van der Waals surface area contributed by atoms with Crippen molar-refractivity contribution in [3.05, 3.63) is 12.2 Å². The summed E-state index contributed by atoms with van der Waals surface area (Å²) in [6.45, 7) is 4.29. The number of esters is 2. The molecule has 2 unspecified atom stereocenters. The van der Waals surface area contributed by atoms with Crippen molar-refractivity contribution in [2.45, 2.75) is 302 Å². The predicted octanol–water partition coefficient (Wildman–Crippen LogP) is 17.4. The van der Waals surface area contributed by atoms with E-state index in [1.54, 1.807) is 0 Å². The Hall–Kier alpha value is -1.25. The van der Waals surface area contributed by atoms with E-state index in [0.717, 1.165) is 44.9 Å². The molecule has 10 heteroatoms. The summed E-state index contributed by atoms with van der Waals surface area (Å²) in [5.41, 5.74) is 0. The van der Waals surface area contributed by atoms with Gasteiger partial charge >= 0.3 is 11.9 Å². The third-order valence-electron chi connectivity index (χ3n) is 13.3. The number of rotatable bonds is 55. The van der Waals surface area contributed by atoms with Gasteiger partial charge in [-0.3, -0.25) is 14.2 Å². The van der Waals surface area contributed by atoms with Crippen LogP contribution in [0.1, 0.15) is 296 Å². The number of carbonyl (C=O) groups is 2. The van der Waals surface area contributed by atoms with E-state index in [2.05, 4.69) is 26.0 Å². The summed E-state index contributed by atoms with van der Waals surface area (Å²) in [6, 6.07) is 0. The highest BCUT2D eigenvalue weighted by Gasteiger charge is 2.22. The van der Waals surface area contributed by atoms with Crippen LogP contribution in [0.2, 0.25) is 0 Å². The first-order valence-corrected chi connectivity index (χ1v) is 30.9. The Bertz CT molecular complexity index is 1160. The van der Waals surface area contributed by atoms with Crippen molar-refractivity contribution < 1.29 is 42.1 Å². The molecule has 0 amide bonds. The van der Waals surface area contributed by atoms with Crippen LogP contribution in [0.15, 0.2) is 12.2 Å². The second-order valence-electron chi connectivity index (χ2n) is 21.4. The van der Waals surface area contributed by atoms with E-state index in [4.69, 9.17) is 18.5 Å². The number of quaternary nitrogens is 1. The average molecular weight is 985 g/mol. The average Bonchev–Trinajstić information content (AvgIpc) is 3.30. The van der Waals surface area contributed by atoms with Gasteiger partial charge in [0.15, 0.2) is 6.10 Å². The molecule has 0 aromatic rings. The molecule has 0 rings (SSSR count). The predicted molar refractivity (Wildman–Crippen MR) is 287 cm³/mol. The van der Waals surface area contributed by atoms with Crippen LogP contribution < -0.4 is 4.89 Å². The zero-order chi connectivity index (χ0) is 49.9. The van der Waals surface area contributed by atoms with Gasteiger partial charge in [-0.2, -0.15) is 0 Å². The molecule has 0 radical (unpaired) electrons. The summed E-state index contributed by atoms with van der Waals surface area (Å²) in [5.74, 6) is -0.820. The minimum Gasteiger partial charge on any atom is -0.756 e. The maximum absolute atomic E-state index is 12.8. The molecule has 0 bridgehead atoms. The Morgan fingerprint density at radius 3 is 1.09 bits per heavy atom. The molecule has 0 aliphatic heterocycles. The molecule has 0 N–H and O–H groups in total. The zero-order valence-corrected chi connectivity index (χ0v) is 46.7. The highest BCUT2D eigenvalue weighted by atomic mass is 31.2. The Balaban J connectivity index is 4.06. The maximum atomic E-state index is 12.8. The number of unbranched alkanes of at least 4 members (excludes halogenated alkanes) is 39. The molecule has 9 nitrogen and oxygen atoms in total. The van der Waals surface area contributed by atoms with E-state index in [1.807, 2.05) is 21.1 Å². The topological polar surface area (TPSA) is 111 Å². The van der Waals surface area contributed by atoms with E-state index in [9.17, 15) is 19.0 Å². The number of phosphoric ester groups is 1. The van der Waals surface area contributed by atoms with Gasteiger partial charge in [0, 0.05) is 12.8 Å². The molecule has 404 valence electrons. The molecular weight excluding hydrogens is 870 g/mol. The summed E-state index contributed by atoms with van der Waals surface area (Å²) in [4.78, 5) is 37.8. The molecule has 0 heterocycles. The highest BCUT2D eigenvalue weighted by molar-refractivity contribution is 7.45. The fourth-order valence-electron chi connectivity index (χ4n) is 8.71. The SMILES string of the molecule is CCCCCCCC/C=C\CCCCCCCCCC(=O)OC(COC(=O)CCCCCCCCCCCCCCCCCCCCCCCCCCCCC)COP(=O)([O-])OCC[N+](C)(C)C. The molecule has 0 spiro atoms. The van der Waals surface area contributed by atoms with Crippen molar-refractivity contribution in [2.75, 3.05) is 47.5 Å². The van der Waals surface area contributed by atoms with E-state index in [0.29, 0.717) is 17.4 Å². The quantitative estimate of drug-likeness (QED) is 0.0195. The molecule has 0 saturated heterocycles. The van der Waals surface area contributed by atoms with Gasteiger partial charge in [0.05, 0.1) is 27.7 Å². The third kappa shape index (κ3) is 54.1. The Morgan fingerprint density at radius 2 is 0.750 bits per heavy atom. The number of phosphoric acid groups is 1. The number of ether oxygens (including phenoxy) is 2.